The van der Waals surface area contributed by atoms with Crippen molar-refractivity contribution in [3.8, 4) is 0 Å². The first kappa shape index (κ1) is 24.3. The summed E-state index contributed by atoms with van der Waals surface area (Å²) in [6, 6.07) is 21.4. The molecular formula is C27H27N3O4S. The molecule has 4 rings (SSSR count). The van der Waals surface area contributed by atoms with Crippen molar-refractivity contribution in [1.29, 1.82) is 0 Å². The number of amides is 2. The number of nitrogens with one attached hydrogen (secondary N) is 2. The maximum atomic E-state index is 12.9. The van der Waals surface area contributed by atoms with Crippen LogP contribution in [0.1, 0.15) is 26.7 Å². The van der Waals surface area contributed by atoms with Crippen LogP contribution < -0.4 is 10.6 Å². The van der Waals surface area contributed by atoms with Gasteiger partial charge in [-0.3, -0.25) is 14.4 Å². The molecule has 4 aromatic rings. The number of para-hydroxylation sites is 1. The topological polar surface area (TPSA) is 100 Å². The summed E-state index contributed by atoms with van der Waals surface area (Å²) in [7, 11) is 0. The summed E-state index contributed by atoms with van der Waals surface area (Å²) >= 11 is 1.42. The number of carboxylic acids is 1. The van der Waals surface area contributed by atoms with E-state index in [-0.39, 0.29) is 29.9 Å². The van der Waals surface area contributed by atoms with Gasteiger partial charge in [0.05, 0.1) is 11.7 Å². The zero-order valence-electron chi connectivity index (χ0n) is 19.6. The number of rotatable bonds is 9. The van der Waals surface area contributed by atoms with Crippen LogP contribution in [-0.4, -0.2) is 32.7 Å². The van der Waals surface area contributed by atoms with Crippen molar-refractivity contribution in [2.24, 2.45) is 0 Å². The SMILES string of the molecule is CCn1c2ccccc2c2cc(NC(=O)C(C)Sc3ccc(NC(=O)CCC(=O)O)cc3)ccc21. The van der Waals surface area contributed by atoms with Crippen molar-refractivity contribution >= 4 is 62.7 Å². The van der Waals surface area contributed by atoms with Gasteiger partial charge in [-0.15, -0.1) is 11.8 Å². The molecular weight excluding hydrogens is 462 g/mol. The van der Waals surface area contributed by atoms with Crippen LogP contribution in [0.2, 0.25) is 0 Å². The Balaban J connectivity index is 1.40. The zero-order chi connectivity index (χ0) is 24.9. The third kappa shape index (κ3) is 5.66. The Morgan fingerprint density at radius 1 is 0.886 bits per heavy atom. The highest BCUT2D eigenvalue weighted by Crippen LogP contribution is 2.31. The summed E-state index contributed by atoms with van der Waals surface area (Å²) in [4.78, 5) is 36.1. The van der Waals surface area contributed by atoms with Crippen LogP contribution in [0.25, 0.3) is 21.8 Å². The lowest BCUT2D eigenvalue weighted by atomic mass is 10.1. The molecule has 180 valence electrons. The van der Waals surface area contributed by atoms with Crippen LogP contribution in [0.4, 0.5) is 11.4 Å². The van der Waals surface area contributed by atoms with Crippen molar-refractivity contribution in [2.45, 2.75) is 43.4 Å². The van der Waals surface area contributed by atoms with Gasteiger partial charge in [0.25, 0.3) is 0 Å². The molecule has 8 heteroatoms. The lowest BCUT2D eigenvalue weighted by Gasteiger charge is -2.13. The maximum absolute atomic E-state index is 12.9. The summed E-state index contributed by atoms with van der Waals surface area (Å²) in [6.07, 6.45) is -0.284. The van der Waals surface area contributed by atoms with Crippen molar-refractivity contribution in [1.82, 2.24) is 4.57 Å². The van der Waals surface area contributed by atoms with Gasteiger partial charge in [0.15, 0.2) is 0 Å². The summed E-state index contributed by atoms with van der Waals surface area (Å²) < 4.78 is 2.27. The third-order valence-electron chi connectivity index (χ3n) is 5.74. The molecule has 0 aliphatic heterocycles. The Labute approximate surface area is 207 Å². The normalized spacial score (nSPS) is 11.9. The monoisotopic (exact) mass is 489 g/mol. The largest absolute Gasteiger partial charge is 0.481 e. The average Bonchev–Trinajstić information content (AvgIpc) is 3.17. The first-order chi connectivity index (χ1) is 16.9. The Bertz CT molecular complexity index is 1400. The second kappa shape index (κ2) is 10.7. The molecule has 3 aromatic carbocycles. The molecule has 0 saturated carbocycles. The number of aromatic nitrogens is 1. The van der Waals surface area contributed by atoms with Gasteiger partial charge < -0.3 is 20.3 Å². The van der Waals surface area contributed by atoms with Gasteiger partial charge in [0, 0.05) is 51.0 Å². The Morgan fingerprint density at radius 2 is 1.57 bits per heavy atom. The number of hydrogen-bond acceptors (Lipinski definition) is 4. The highest BCUT2D eigenvalue weighted by molar-refractivity contribution is 8.00. The van der Waals surface area contributed by atoms with E-state index >= 15 is 0 Å². The molecule has 0 bridgehead atoms. The summed E-state index contributed by atoms with van der Waals surface area (Å²) in [5, 5.41) is 16.3. The van der Waals surface area contributed by atoms with Crippen LogP contribution >= 0.6 is 11.8 Å². The molecule has 0 aliphatic carbocycles. The van der Waals surface area contributed by atoms with Gasteiger partial charge in [-0.1, -0.05) is 18.2 Å². The Hall–Kier alpha value is -3.78. The fourth-order valence-electron chi connectivity index (χ4n) is 4.03. The van der Waals surface area contributed by atoms with E-state index in [2.05, 4.69) is 40.3 Å². The number of anilines is 2. The number of carbonyl (C=O) groups excluding carboxylic acids is 2. The van der Waals surface area contributed by atoms with E-state index < -0.39 is 5.97 Å². The van der Waals surface area contributed by atoms with Gasteiger partial charge in [-0.25, -0.2) is 0 Å². The molecule has 0 spiro atoms. The lowest BCUT2D eigenvalue weighted by molar-refractivity contribution is -0.138. The number of aryl methyl sites for hydroxylation is 1. The molecule has 0 radical (unpaired) electrons. The molecule has 1 atom stereocenters. The second-order valence-electron chi connectivity index (χ2n) is 8.21. The predicted molar refractivity (Wildman–Crippen MR) is 141 cm³/mol. The molecule has 0 saturated heterocycles. The minimum absolute atomic E-state index is 0.0756. The highest BCUT2D eigenvalue weighted by Gasteiger charge is 2.16. The maximum Gasteiger partial charge on any atom is 0.303 e. The number of hydrogen-bond donors (Lipinski definition) is 3. The smallest absolute Gasteiger partial charge is 0.303 e. The Morgan fingerprint density at radius 3 is 2.29 bits per heavy atom. The molecule has 2 amide bonds. The van der Waals surface area contributed by atoms with Crippen LogP contribution in [0, 0.1) is 0 Å². The summed E-state index contributed by atoms with van der Waals surface area (Å²) in [6.45, 7) is 4.84. The van der Waals surface area contributed by atoms with Crippen LogP contribution in [-0.2, 0) is 20.9 Å². The minimum atomic E-state index is -1.01. The minimum Gasteiger partial charge on any atom is -0.481 e. The molecule has 1 heterocycles. The summed E-state index contributed by atoms with van der Waals surface area (Å²) in [5.74, 6) is -1.45. The number of thioether (sulfide) groups is 1. The van der Waals surface area contributed by atoms with Gasteiger partial charge in [0.1, 0.15) is 0 Å². The molecule has 35 heavy (non-hydrogen) atoms. The van der Waals surface area contributed by atoms with Crippen molar-refractivity contribution in [3.63, 3.8) is 0 Å². The van der Waals surface area contributed by atoms with Gasteiger partial charge in [0.2, 0.25) is 11.8 Å². The predicted octanol–water partition coefficient (Wildman–Crippen LogP) is 5.74. The highest BCUT2D eigenvalue weighted by atomic mass is 32.2. The first-order valence-electron chi connectivity index (χ1n) is 11.5. The number of fused-ring (bicyclic) bond motifs is 3. The van der Waals surface area contributed by atoms with E-state index in [1.165, 1.54) is 17.3 Å². The average molecular weight is 490 g/mol. The molecule has 0 fully saturated rings. The van der Waals surface area contributed by atoms with Crippen molar-refractivity contribution in [2.75, 3.05) is 10.6 Å². The molecule has 1 unspecified atom stereocenters. The van der Waals surface area contributed by atoms with Gasteiger partial charge >= 0.3 is 5.97 Å². The van der Waals surface area contributed by atoms with E-state index in [1.54, 1.807) is 12.1 Å². The standard InChI is InChI=1S/C27H27N3O4S/c1-3-30-23-7-5-4-6-21(23)22-16-19(10-13-24(22)30)29-27(34)17(2)35-20-11-8-18(9-12-20)28-25(31)14-15-26(32)33/h4-13,16-17H,3,14-15H2,1-2H3,(H,28,31)(H,29,34)(H,32,33). The third-order valence-corrected chi connectivity index (χ3v) is 6.85. The zero-order valence-corrected chi connectivity index (χ0v) is 20.4. The number of carboxylic acid groups (broad SMARTS) is 1. The van der Waals surface area contributed by atoms with E-state index in [0.717, 1.165) is 33.4 Å². The summed E-state index contributed by atoms with van der Waals surface area (Å²) in [5.41, 5.74) is 3.66. The van der Waals surface area contributed by atoms with E-state index in [1.807, 2.05) is 43.3 Å². The number of benzene rings is 3. The van der Waals surface area contributed by atoms with Crippen LogP contribution in [0.5, 0.6) is 0 Å². The van der Waals surface area contributed by atoms with Crippen LogP contribution in [0.15, 0.2) is 71.6 Å². The van der Waals surface area contributed by atoms with Gasteiger partial charge in [-0.05, 0) is 62.4 Å². The van der Waals surface area contributed by atoms with Gasteiger partial charge in [-0.2, -0.15) is 0 Å². The lowest BCUT2D eigenvalue weighted by Crippen LogP contribution is -2.22. The van der Waals surface area contributed by atoms with E-state index in [0.29, 0.717) is 5.69 Å². The quantitative estimate of drug-likeness (QED) is 0.261. The molecule has 7 nitrogen and oxygen atoms in total. The molecule has 1 aromatic heterocycles. The van der Waals surface area contributed by atoms with Crippen molar-refractivity contribution < 1.29 is 19.5 Å². The fraction of sp³-hybridized carbons (Fsp3) is 0.222. The van der Waals surface area contributed by atoms with Crippen LogP contribution in [0.3, 0.4) is 0 Å². The van der Waals surface area contributed by atoms with Crippen molar-refractivity contribution in [3.05, 3.63) is 66.7 Å². The fourth-order valence-corrected chi connectivity index (χ4v) is 4.90. The second-order valence-corrected chi connectivity index (χ2v) is 9.62. The first-order valence-corrected chi connectivity index (χ1v) is 12.3. The number of nitrogens with zero attached hydrogens (tertiary/aromatic N) is 1. The Kier molecular flexibility index (Phi) is 7.41. The molecule has 3 N–H and O–H groups in total. The van der Waals surface area contributed by atoms with E-state index in [9.17, 15) is 14.4 Å². The van der Waals surface area contributed by atoms with E-state index in [4.69, 9.17) is 5.11 Å². The number of aliphatic carboxylic acids is 1. The molecule has 0 aliphatic rings. The number of carbonyl (C=O) groups is 3.